The van der Waals surface area contributed by atoms with Gasteiger partial charge in [-0.05, 0) is 72.9 Å². The number of β-amino-alcohol motifs (C(OH)–C–C–N with tert-alkyl or cyclic N) is 1. The van der Waals surface area contributed by atoms with Crippen LogP contribution in [-0.4, -0.2) is 96.6 Å². The number of aryl methyl sites for hydroxylation is 1. The molecule has 0 saturated carbocycles. The van der Waals surface area contributed by atoms with Gasteiger partial charge in [-0.2, -0.15) is 0 Å². The Morgan fingerprint density at radius 2 is 1.73 bits per heavy atom. The van der Waals surface area contributed by atoms with E-state index in [9.17, 15) is 29.4 Å². The van der Waals surface area contributed by atoms with Gasteiger partial charge >= 0.3 is 0 Å². The largest absolute Gasteiger partial charge is 0.507 e. The molecule has 3 atom stereocenters. The highest BCUT2D eigenvalue weighted by Gasteiger charge is 2.44. The Hall–Kier alpha value is -5.25. The van der Waals surface area contributed by atoms with Crippen molar-refractivity contribution in [2.75, 3.05) is 19.6 Å². The number of aromatic nitrogens is 3. The molecule has 2 saturated heterocycles. The van der Waals surface area contributed by atoms with Crippen molar-refractivity contribution < 1.29 is 29.4 Å². The molecule has 13 nitrogen and oxygen atoms in total. The van der Waals surface area contributed by atoms with Crippen molar-refractivity contribution in [3.05, 3.63) is 82.3 Å². The van der Waals surface area contributed by atoms with Gasteiger partial charge in [0, 0.05) is 55.9 Å². The lowest BCUT2D eigenvalue weighted by Crippen LogP contribution is -2.57. The number of nitrogens with one attached hydrogen (secondary N) is 2. The van der Waals surface area contributed by atoms with Crippen LogP contribution in [0.25, 0.3) is 31.9 Å². The first-order chi connectivity index (χ1) is 28.2. The van der Waals surface area contributed by atoms with Crippen LogP contribution < -0.4 is 10.6 Å². The summed E-state index contributed by atoms with van der Waals surface area (Å²) in [6.45, 7) is 9.01. The lowest BCUT2D eigenvalue weighted by atomic mass is 9.85. The number of thiazole rings is 1. The van der Waals surface area contributed by atoms with Gasteiger partial charge in [0.15, 0.2) is 0 Å². The van der Waals surface area contributed by atoms with Crippen molar-refractivity contribution in [3.63, 3.8) is 0 Å². The Morgan fingerprint density at radius 1 is 0.983 bits per heavy atom. The van der Waals surface area contributed by atoms with Crippen LogP contribution in [0.3, 0.4) is 0 Å². The lowest BCUT2D eigenvalue weighted by Gasteiger charge is -2.35. The molecule has 0 bridgehead atoms. The van der Waals surface area contributed by atoms with E-state index in [1.807, 2.05) is 80.6 Å². The highest BCUT2D eigenvalue weighted by atomic mass is 32.1. The number of hydrogen-bond donors (Lipinski definition) is 4. The Bertz CT molecular complexity index is 2310. The first-order valence-electron chi connectivity index (χ1n) is 20.1. The van der Waals surface area contributed by atoms with E-state index >= 15 is 0 Å². The van der Waals surface area contributed by atoms with Crippen molar-refractivity contribution in [3.8, 4) is 27.4 Å². The smallest absolute Gasteiger partial charge is 0.246 e. The molecule has 0 unspecified atom stereocenters. The number of carbonyl (C=O) groups is 4. The van der Waals surface area contributed by atoms with Gasteiger partial charge in [-0.15, -0.1) is 32.9 Å². The Balaban J connectivity index is 0.875. The number of carbonyl (C=O) groups excluding carboxylic acids is 4. The molecule has 0 spiro atoms. The number of thiophene rings is 1. The summed E-state index contributed by atoms with van der Waals surface area (Å²) in [5.74, 6) is -0.680. The SMILES string of the molecule is Cc1ncsc1-c1ccc(CNC(=O)[C@@H]2C[C@@H](O)CN2C(=O)[C@@H](NC(=O)CCCC(=O)N2CCC(c3cc4nnc(-c5ccccc5O)cc4s3)CC2)C(C)(C)C)cc1. The minimum absolute atomic E-state index is 0.0000240. The van der Waals surface area contributed by atoms with E-state index in [2.05, 4.69) is 31.9 Å². The molecule has 310 valence electrons. The molecule has 2 aromatic carbocycles. The van der Waals surface area contributed by atoms with Gasteiger partial charge in [0.25, 0.3) is 0 Å². The van der Waals surface area contributed by atoms with Crippen molar-refractivity contribution in [1.29, 1.82) is 0 Å². The number of phenols is 1. The number of amides is 4. The number of phenolic OH excluding ortho intramolecular Hbond substituents is 1. The molecular formula is C44H51N7O6S2. The molecule has 0 aliphatic carbocycles. The summed E-state index contributed by atoms with van der Waals surface area (Å²) in [4.78, 5) is 63.8. The topological polar surface area (TPSA) is 178 Å². The van der Waals surface area contributed by atoms with Gasteiger partial charge in [-0.25, -0.2) is 4.98 Å². The summed E-state index contributed by atoms with van der Waals surface area (Å²) in [6.07, 6.45) is 1.50. The highest BCUT2D eigenvalue weighted by molar-refractivity contribution is 7.19. The quantitative estimate of drug-likeness (QED) is 0.114. The molecular weight excluding hydrogens is 787 g/mol. The Morgan fingerprint density at radius 3 is 2.42 bits per heavy atom. The number of aliphatic hydroxyl groups excluding tert-OH is 1. The predicted molar refractivity (Wildman–Crippen MR) is 229 cm³/mol. The monoisotopic (exact) mass is 837 g/mol. The third-order valence-corrected chi connectivity index (χ3v) is 13.4. The third kappa shape index (κ3) is 9.80. The van der Waals surface area contributed by atoms with E-state index in [1.54, 1.807) is 34.8 Å². The maximum atomic E-state index is 14.0. The van der Waals surface area contributed by atoms with Crippen molar-refractivity contribution in [2.24, 2.45) is 5.41 Å². The lowest BCUT2D eigenvalue weighted by molar-refractivity contribution is -0.144. The van der Waals surface area contributed by atoms with Gasteiger partial charge in [0.1, 0.15) is 23.3 Å². The summed E-state index contributed by atoms with van der Waals surface area (Å²) in [6, 6.07) is 17.2. The number of aliphatic hydroxyl groups is 1. The van der Waals surface area contributed by atoms with Crippen LogP contribution >= 0.6 is 22.7 Å². The second-order valence-corrected chi connectivity index (χ2v) is 18.6. The number of hydrogen-bond acceptors (Lipinski definition) is 11. The maximum Gasteiger partial charge on any atom is 0.246 e. The van der Waals surface area contributed by atoms with E-state index < -0.39 is 29.5 Å². The van der Waals surface area contributed by atoms with Crippen LogP contribution in [0.5, 0.6) is 5.75 Å². The highest BCUT2D eigenvalue weighted by Crippen LogP contribution is 2.38. The van der Waals surface area contributed by atoms with E-state index in [1.165, 1.54) is 9.78 Å². The molecule has 15 heteroatoms. The molecule has 4 N–H and O–H groups in total. The first kappa shape index (κ1) is 41.9. The van der Waals surface area contributed by atoms with Crippen molar-refractivity contribution >= 4 is 56.5 Å². The van der Waals surface area contributed by atoms with Gasteiger partial charge < -0.3 is 30.6 Å². The van der Waals surface area contributed by atoms with Crippen LogP contribution in [0.15, 0.2) is 66.2 Å². The van der Waals surface area contributed by atoms with E-state index in [0.717, 1.165) is 44.8 Å². The van der Waals surface area contributed by atoms with E-state index in [-0.39, 0.29) is 55.8 Å². The van der Waals surface area contributed by atoms with Gasteiger partial charge in [0.05, 0.1) is 32.6 Å². The number of piperidine rings is 1. The average molecular weight is 838 g/mol. The fourth-order valence-electron chi connectivity index (χ4n) is 7.87. The van der Waals surface area contributed by atoms with Gasteiger partial charge in [-0.3, -0.25) is 19.2 Å². The zero-order valence-electron chi connectivity index (χ0n) is 33.8. The summed E-state index contributed by atoms with van der Waals surface area (Å²) in [5, 5.41) is 35.4. The fourth-order valence-corrected chi connectivity index (χ4v) is 9.88. The molecule has 59 heavy (non-hydrogen) atoms. The zero-order valence-corrected chi connectivity index (χ0v) is 35.4. The molecule has 0 radical (unpaired) electrons. The zero-order chi connectivity index (χ0) is 41.8. The number of rotatable bonds is 12. The Labute approximate surface area is 351 Å². The van der Waals surface area contributed by atoms with Gasteiger partial charge in [0.2, 0.25) is 23.6 Å². The normalized spacial score (nSPS) is 17.9. The summed E-state index contributed by atoms with van der Waals surface area (Å²) < 4.78 is 1.00. The van der Waals surface area contributed by atoms with Crippen molar-refractivity contribution in [2.45, 2.75) is 96.9 Å². The second-order valence-electron chi connectivity index (χ2n) is 16.6. The number of benzene rings is 2. The molecule has 5 aromatic rings. The van der Waals surface area contributed by atoms with Crippen LogP contribution in [0.4, 0.5) is 0 Å². The summed E-state index contributed by atoms with van der Waals surface area (Å²) in [5.41, 5.74) is 6.11. The predicted octanol–water partition coefficient (Wildman–Crippen LogP) is 6.18. The van der Waals surface area contributed by atoms with Crippen LogP contribution in [0.1, 0.15) is 81.3 Å². The van der Waals surface area contributed by atoms with Crippen LogP contribution in [0.2, 0.25) is 0 Å². The molecule has 4 amide bonds. The van der Waals surface area contributed by atoms with Gasteiger partial charge in [-0.1, -0.05) is 57.2 Å². The molecule has 2 aliphatic heterocycles. The molecule has 3 aromatic heterocycles. The standard InChI is InChI=1S/C44H51N7O6S2/c1-26-40(58-25-46-26)29-14-12-27(13-15-29)23-45-42(56)34-20-30(52)24-51(34)43(57)41(44(2,3)4)47-38(54)10-7-11-39(55)50-18-16-28(17-19-50)36-22-33-37(59-36)21-32(48-49-33)31-8-5-6-9-35(31)53/h5-6,8-9,12-15,21-22,25,28,30,34,41,52-53H,7,10-11,16-20,23-24H2,1-4H3,(H,45,56)(H,47,54)/t30-,34+,41-/m1/s1. The van der Waals surface area contributed by atoms with E-state index in [0.29, 0.717) is 36.7 Å². The van der Waals surface area contributed by atoms with E-state index in [4.69, 9.17) is 0 Å². The molecule has 2 fully saturated rings. The minimum atomic E-state index is -0.940. The number of likely N-dealkylation sites (tertiary alicyclic amines) is 2. The number of fused-ring (bicyclic) bond motifs is 1. The summed E-state index contributed by atoms with van der Waals surface area (Å²) in [7, 11) is 0. The third-order valence-electron chi connectivity index (χ3n) is 11.2. The van der Waals surface area contributed by atoms with Crippen LogP contribution in [0, 0.1) is 12.3 Å². The molecule has 7 rings (SSSR count). The average Bonchev–Trinajstić information content (AvgIpc) is 3.96. The summed E-state index contributed by atoms with van der Waals surface area (Å²) >= 11 is 3.25. The number of nitrogens with zero attached hydrogens (tertiary/aromatic N) is 5. The maximum absolute atomic E-state index is 14.0. The fraction of sp³-hybridized carbons (Fsp3) is 0.432. The molecule has 5 heterocycles. The second kappa shape index (κ2) is 17.9. The number of para-hydroxylation sites is 1. The van der Waals surface area contributed by atoms with Crippen LogP contribution in [-0.2, 0) is 25.7 Å². The number of aromatic hydroxyl groups is 1. The minimum Gasteiger partial charge on any atom is -0.507 e. The Kier molecular flexibility index (Phi) is 12.7. The molecule has 2 aliphatic rings. The van der Waals surface area contributed by atoms with Crippen molar-refractivity contribution in [1.82, 2.24) is 35.6 Å². The first-order valence-corrected chi connectivity index (χ1v) is 21.8.